The van der Waals surface area contributed by atoms with Gasteiger partial charge in [0.1, 0.15) is 6.54 Å². The summed E-state index contributed by atoms with van der Waals surface area (Å²) in [5, 5.41) is 3.65. The molecular formula is C15H21Br2ClN2. The fourth-order valence-corrected chi connectivity index (χ4v) is 5.07. The molecule has 2 aliphatic rings. The molecule has 1 N–H and O–H groups in total. The van der Waals surface area contributed by atoms with Crippen LogP contribution in [-0.4, -0.2) is 24.2 Å². The Morgan fingerprint density at radius 1 is 1.15 bits per heavy atom. The molecule has 1 fully saturated rings. The normalized spacial score (nSPS) is 26.4. The van der Waals surface area contributed by atoms with Crippen LogP contribution in [0.1, 0.15) is 37.7 Å². The minimum Gasteiger partial charge on any atom is -1.00 e. The Balaban J connectivity index is 0.00000147. The first-order valence-electron chi connectivity index (χ1n) is 7.14. The maximum absolute atomic E-state index is 3.67. The van der Waals surface area contributed by atoms with E-state index in [0.717, 1.165) is 28.2 Å². The average Bonchev–Trinajstić information content (AvgIpc) is 2.39. The number of benzene rings is 1. The second kappa shape index (κ2) is 6.55. The smallest absolute Gasteiger partial charge is 0.152 e. The zero-order valence-electron chi connectivity index (χ0n) is 11.8. The molecular weight excluding hydrogens is 403 g/mol. The summed E-state index contributed by atoms with van der Waals surface area (Å²) in [5.41, 5.74) is 2.72. The lowest BCUT2D eigenvalue weighted by Crippen LogP contribution is -3.00. The molecule has 1 heterocycles. The maximum atomic E-state index is 3.67. The van der Waals surface area contributed by atoms with Gasteiger partial charge in [0.25, 0.3) is 0 Å². The van der Waals surface area contributed by atoms with Crippen LogP contribution in [0.3, 0.4) is 0 Å². The fourth-order valence-electron chi connectivity index (χ4n) is 3.62. The summed E-state index contributed by atoms with van der Waals surface area (Å²) in [5.74, 6) is 0. The van der Waals surface area contributed by atoms with Gasteiger partial charge >= 0.3 is 0 Å². The van der Waals surface area contributed by atoms with Gasteiger partial charge in [0.15, 0.2) is 6.67 Å². The van der Waals surface area contributed by atoms with Crippen molar-refractivity contribution < 1.29 is 16.9 Å². The third-order valence-corrected chi connectivity index (χ3v) is 5.82. The van der Waals surface area contributed by atoms with Crippen molar-refractivity contribution in [1.29, 1.82) is 0 Å². The maximum Gasteiger partial charge on any atom is 0.152 e. The molecule has 1 atom stereocenters. The number of halogens is 3. The van der Waals surface area contributed by atoms with Gasteiger partial charge in [-0.1, -0.05) is 22.4 Å². The molecule has 0 radical (unpaired) electrons. The number of anilines is 1. The topological polar surface area (TPSA) is 12.0 Å². The molecule has 1 unspecified atom stereocenters. The van der Waals surface area contributed by atoms with Crippen LogP contribution in [0.15, 0.2) is 21.1 Å². The molecule has 1 aliphatic carbocycles. The van der Waals surface area contributed by atoms with Crippen LogP contribution in [0.2, 0.25) is 0 Å². The Bertz CT molecular complexity index is 489. The van der Waals surface area contributed by atoms with Crippen LogP contribution in [-0.2, 0) is 6.54 Å². The predicted molar refractivity (Wildman–Crippen MR) is 87.1 cm³/mol. The molecule has 2 nitrogen and oxygen atoms in total. The van der Waals surface area contributed by atoms with Crippen molar-refractivity contribution in [2.24, 2.45) is 0 Å². The summed E-state index contributed by atoms with van der Waals surface area (Å²) >= 11 is 7.28. The largest absolute Gasteiger partial charge is 1.00 e. The highest BCUT2D eigenvalue weighted by Crippen LogP contribution is 2.38. The summed E-state index contributed by atoms with van der Waals surface area (Å²) in [6.07, 6.45) is 7.03. The molecule has 3 rings (SSSR count). The number of quaternary nitrogens is 1. The zero-order valence-corrected chi connectivity index (χ0v) is 15.7. The van der Waals surface area contributed by atoms with E-state index >= 15 is 0 Å². The van der Waals surface area contributed by atoms with Crippen LogP contribution in [0.4, 0.5) is 5.69 Å². The first kappa shape index (κ1) is 16.6. The van der Waals surface area contributed by atoms with Crippen molar-refractivity contribution in [2.45, 2.75) is 44.7 Å². The molecule has 1 aliphatic heterocycles. The van der Waals surface area contributed by atoms with E-state index in [9.17, 15) is 0 Å². The van der Waals surface area contributed by atoms with E-state index in [4.69, 9.17) is 0 Å². The van der Waals surface area contributed by atoms with Gasteiger partial charge in [-0.05, 0) is 53.7 Å². The molecule has 1 aromatic rings. The lowest BCUT2D eigenvalue weighted by atomic mass is 9.91. The Morgan fingerprint density at radius 2 is 1.85 bits per heavy atom. The van der Waals surface area contributed by atoms with Gasteiger partial charge in [-0.25, -0.2) is 0 Å². The van der Waals surface area contributed by atoms with Crippen molar-refractivity contribution in [3.63, 3.8) is 0 Å². The highest BCUT2D eigenvalue weighted by atomic mass is 79.9. The first-order valence-corrected chi connectivity index (χ1v) is 8.73. The van der Waals surface area contributed by atoms with E-state index < -0.39 is 0 Å². The fraction of sp³-hybridized carbons (Fsp3) is 0.600. The van der Waals surface area contributed by atoms with E-state index in [-0.39, 0.29) is 12.4 Å². The van der Waals surface area contributed by atoms with E-state index in [1.807, 2.05) is 0 Å². The van der Waals surface area contributed by atoms with Crippen molar-refractivity contribution in [2.75, 3.05) is 19.0 Å². The molecule has 20 heavy (non-hydrogen) atoms. The molecule has 0 bridgehead atoms. The van der Waals surface area contributed by atoms with Gasteiger partial charge in [-0.3, -0.25) is 0 Å². The predicted octanol–water partition coefficient (Wildman–Crippen LogP) is 1.88. The van der Waals surface area contributed by atoms with E-state index in [1.54, 1.807) is 0 Å². The van der Waals surface area contributed by atoms with E-state index in [2.05, 4.69) is 56.4 Å². The van der Waals surface area contributed by atoms with Crippen LogP contribution in [0.5, 0.6) is 0 Å². The summed E-state index contributed by atoms with van der Waals surface area (Å²) in [4.78, 5) is 0. The van der Waals surface area contributed by atoms with Crippen LogP contribution in [0, 0.1) is 0 Å². The van der Waals surface area contributed by atoms with Crippen LogP contribution in [0.25, 0.3) is 0 Å². The minimum absolute atomic E-state index is 0. The lowest BCUT2D eigenvalue weighted by Gasteiger charge is -2.46. The Kier molecular flexibility index (Phi) is 5.44. The molecule has 0 amide bonds. The van der Waals surface area contributed by atoms with Crippen molar-refractivity contribution >= 4 is 37.5 Å². The number of hydrogen-bond donors (Lipinski definition) is 1. The molecule has 1 saturated carbocycles. The number of nitrogens with one attached hydrogen (secondary N) is 1. The average molecular weight is 425 g/mol. The van der Waals surface area contributed by atoms with Crippen LogP contribution >= 0.6 is 31.9 Å². The number of rotatable bonds is 1. The summed E-state index contributed by atoms with van der Waals surface area (Å²) in [6, 6.07) is 5.22. The van der Waals surface area contributed by atoms with Gasteiger partial charge in [-0.2, -0.15) is 0 Å². The van der Waals surface area contributed by atoms with Crippen molar-refractivity contribution in [1.82, 2.24) is 0 Å². The molecule has 0 saturated heterocycles. The van der Waals surface area contributed by atoms with E-state index in [0.29, 0.717) is 0 Å². The highest BCUT2D eigenvalue weighted by molar-refractivity contribution is 9.11. The first-order chi connectivity index (χ1) is 9.08. The molecule has 5 heteroatoms. The monoisotopic (exact) mass is 422 g/mol. The Labute approximate surface area is 144 Å². The third-order valence-electron chi connectivity index (χ3n) is 4.74. The van der Waals surface area contributed by atoms with Crippen molar-refractivity contribution in [3.8, 4) is 0 Å². The standard InChI is InChI=1S/C15H21Br2N2.ClH/c1-19(13-5-3-2-4-6-13)9-11-7-12(16)8-14(17)15(11)18-10-19;/h7-8,13,18H,2-6,9-10H2,1H3;1H/q+1;/p-1. The second-order valence-corrected chi connectivity index (χ2v) is 7.96. The minimum atomic E-state index is 0. The molecule has 0 spiro atoms. The van der Waals surface area contributed by atoms with Crippen molar-refractivity contribution in [3.05, 3.63) is 26.6 Å². The Morgan fingerprint density at radius 3 is 2.55 bits per heavy atom. The summed E-state index contributed by atoms with van der Waals surface area (Å²) < 4.78 is 3.49. The molecule has 1 aromatic carbocycles. The zero-order chi connectivity index (χ0) is 13.5. The van der Waals surface area contributed by atoms with Crippen LogP contribution < -0.4 is 17.7 Å². The van der Waals surface area contributed by atoms with E-state index in [1.165, 1.54) is 47.8 Å². The van der Waals surface area contributed by atoms with Gasteiger partial charge in [0.2, 0.25) is 0 Å². The molecule has 0 aromatic heterocycles. The summed E-state index contributed by atoms with van der Waals surface area (Å²) in [6.45, 7) is 2.20. The summed E-state index contributed by atoms with van der Waals surface area (Å²) in [7, 11) is 2.42. The SMILES string of the molecule is C[N+]1(C2CCCCC2)CNc2c(Br)cc(Br)cc2C1.[Cl-]. The van der Waals surface area contributed by atoms with Gasteiger partial charge in [0, 0.05) is 14.5 Å². The lowest BCUT2D eigenvalue weighted by molar-refractivity contribution is -0.945. The molecule has 112 valence electrons. The van der Waals surface area contributed by atoms with Gasteiger partial charge in [-0.15, -0.1) is 0 Å². The van der Waals surface area contributed by atoms with Gasteiger partial charge in [0.05, 0.1) is 18.8 Å². The Hall–Kier alpha value is 0.230. The second-order valence-electron chi connectivity index (χ2n) is 6.19. The number of hydrogen-bond acceptors (Lipinski definition) is 1. The third kappa shape index (κ3) is 3.18. The number of fused-ring (bicyclic) bond motifs is 1. The van der Waals surface area contributed by atoms with Gasteiger partial charge < -0.3 is 22.2 Å². The quantitative estimate of drug-likeness (QED) is 0.679. The number of nitrogens with zero attached hydrogens (tertiary/aromatic N) is 1. The highest BCUT2D eigenvalue weighted by Gasteiger charge is 2.37.